The summed E-state index contributed by atoms with van der Waals surface area (Å²) in [5.74, 6) is 0. The molecule has 3 nitrogen and oxygen atoms in total. The van der Waals surface area contributed by atoms with Crippen molar-refractivity contribution in [2.24, 2.45) is 0 Å². The van der Waals surface area contributed by atoms with Crippen LogP contribution in [0.5, 0.6) is 0 Å². The van der Waals surface area contributed by atoms with E-state index in [-0.39, 0.29) is 6.09 Å². The van der Waals surface area contributed by atoms with E-state index in [1.165, 1.54) is 6.42 Å². The molecule has 0 aromatic carbocycles. The van der Waals surface area contributed by atoms with Crippen LogP contribution >= 0.6 is 0 Å². The van der Waals surface area contributed by atoms with Gasteiger partial charge in [0.15, 0.2) is 0 Å². The van der Waals surface area contributed by atoms with Crippen LogP contribution in [0.15, 0.2) is 0 Å². The fraction of sp³-hybridized carbons (Fsp3) is 0.929. The predicted molar refractivity (Wildman–Crippen MR) is 70.1 cm³/mol. The maximum atomic E-state index is 12.2. The lowest BCUT2D eigenvalue weighted by atomic mass is 9.94. The van der Waals surface area contributed by atoms with Gasteiger partial charge in [0.05, 0.1) is 0 Å². The number of hydrogen-bond donors (Lipinski definition) is 0. The van der Waals surface area contributed by atoms with Gasteiger partial charge < -0.3 is 9.64 Å². The molecule has 0 N–H and O–H groups in total. The van der Waals surface area contributed by atoms with E-state index in [1.54, 1.807) is 0 Å². The monoisotopic (exact) mass is 241 g/mol. The summed E-state index contributed by atoms with van der Waals surface area (Å²) in [7, 11) is 0. The zero-order valence-electron chi connectivity index (χ0n) is 12.0. The molecule has 1 amide bonds. The Morgan fingerprint density at radius 1 is 1.35 bits per heavy atom. The van der Waals surface area contributed by atoms with Crippen molar-refractivity contribution < 1.29 is 9.53 Å². The third-order valence-corrected chi connectivity index (χ3v) is 3.25. The summed E-state index contributed by atoms with van der Waals surface area (Å²) in [6.45, 7) is 10.1. The fourth-order valence-corrected chi connectivity index (χ4v) is 2.55. The van der Waals surface area contributed by atoms with Crippen molar-refractivity contribution in [1.82, 2.24) is 4.90 Å². The summed E-state index contributed by atoms with van der Waals surface area (Å²) in [5.41, 5.74) is -0.398. The minimum absolute atomic E-state index is 0.136. The molecule has 100 valence electrons. The highest BCUT2D eigenvalue weighted by Crippen LogP contribution is 2.27. The van der Waals surface area contributed by atoms with E-state index in [1.807, 2.05) is 25.7 Å². The number of likely N-dealkylation sites (tertiary alicyclic amines) is 1. The van der Waals surface area contributed by atoms with Crippen LogP contribution < -0.4 is 0 Å². The second-order valence-electron chi connectivity index (χ2n) is 6.11. The molecule has 2 unspecified atom stereocenters. The Bertz CT molecular complexity index is 255. The molecule has 2 atom stereocenters. The van der Waals surface area contributed by atoms with Gasteiger partial charge in [-0.1, -0.05) is 13.3 Å². The van der Waals surface area contributed by atoms with E-state index in [9.17, 15) is 4.79 Å². The minimum atomic E-state index is -0.398. The van der Waals surface area contributed by atoms with Crippen LogP contribution in [-0.4, -0.2) is 28.7 Å². The SMILES string of the molecule is CCCC1CCCC(C)N1C(=O)OC(C)(C)C. The standard InChI is InChI=1S/C14H27NO2/c1-6-8-12-10-7-9-11(2)15(12)13(16)17-14(3,4)5/h11-12H,6-10H2,1-5H3. The molecule has 0 aromatic rings. The topological polar surface area (TPSA) is 29.5 Å². The average molecular weight is 241 g/mol. The Morgan fingerprint density at radius 3 is 2.53 bits per heavy atom. The number of ether oxygens (including phenoxy) is 1. The van der Waals surface area contributed by atoms with Crippen LogP contribution in [0.3, 0.4) is 0 Å². The molecule has 1 aliphatic rings. The molecular formula is C14H27NO2. The largest absolute Gasteiger partial charge is 0.444 e. The van der Waals surface area contributed by atoms with Crippen molar-refractivity contribution >= 4 is 6.09 Å². The quantitative estimate of drug-likeness (QED) is 0.732. The number of carbonyl (C=O) groups excluding carboxylic acids is 1. The van der Waals surface area contributed by atoms with Gasteiger partial charge in [0.1, 0.15) is 5.60 Å². The van der Waals surface area contributed by atoms with Crippen molar-refractivity contribution in [2.75, 3.05) is 0 Å². The van der Waals surface area contributed by atoms with Gasteiger partial charge in [-0.05, 0) is 53.4 Å². The molecule has 0 aromatic heterocycles. The Balaban J connectivity index is 2.70. The van der Waals surface area contributed by atoms with E-state index < -0.39 is 5.60 Å². The summed E-state index contributed by atoms with van der Waals surface area (Å²) in [5, 5.41) is 0. The second-order valence-corrected chi connectivity index (χ2v) is 6.11. The average Bonchev–Trinajstić information content (AvgIpc) is 2.15. The molecule has 0 spiro atoms. The zero-order valence-corrected chi connectivity index (χ0v) is 12.0. The van der Waals surface area contributed by atoms with E-state index in [0.717, 1.165) is 25.7 Å². The molecule has 1 saturated heterocycles. The summed E-state index contributed by atoms with van der Waals surface area (Å²) >= 11 is 0. The molecule has 1 fully saturated rings. The first-order chi connectivity index (χ1) is 7.85. The first kappa shape index (κ1) is 14.3. The number of carbonyl (C=O) groups is 1. The second kappa shape index (κ2) is 5.74. The summed E-state index contributed by atoms with van der Waals surface area (Å²) < 4.78 is 5.51. The molecule has 0 saturated carbocycles. The molecule has 3 heteroatoms. The Kier molecular flexibility index (Phi) is 4.84. The van der Waals surface area contributed by atoms with Crippen molar-refractivity contribution in [3.63, 3.8) is 0 Å². The Morgan fingerprint density at radius 2 is 2.00 bits per heavy atom. The van der Waals surface area contributed by atoms with Crippen molar-refractivity contribution in [3.05, 3.63) is 0 Å². The first-order valence-electron chi connectivity index (χ1n) is 6.86. The van der Waals surface area contributed by atoms with Gasteiger partial charge in [0.25, 0.3) is 0 Å². The molecule has 1 heterocycles. The maximum absolute atomic E-state index is 12.2. The van der Waals surface area contributed by atoms with Crippen LogP contribution in [0.1, 0.15) is 66.7 Å². The summed E-state index contributed by atoms with van der Waals surface area (Å²) in [6, 6.07) is 0.689. The van der Waals surface area contributed by atoms with Gasteiger partial charge in [-0.3, -0.25) is 0 Å². The molecule has 0 radical (unpaired) electrons. The lowest BCUT2D eigenvalue weighted by Gasteiger charge is -2.41. The zero-order chi connectivity index (χ0) is 13.1. The summed E-state index contributed by atoms with van der Waals surface area (Å²) in [4.78, 5) is 14.2. The van der Waals surface area contributed by atoms with Crippen LogP contribution in [0.4, 0.5) is 4.79 Å². The number of hydrogen-bond acceptors (Lipinski definition) is 2. The van der Waals surface area contributed by atoms with Gasteiger partial charge in [0, 0.05) is 12.1 Å². The van der Waals surface area contributed by atoms with E-state index in [0.29, 0.717) is 12.1 Å². The fourth-order valence-electron chi connectivity index (χ4n) is 2.55. The number of piperidine rings is 1. The van der Waals surface area contributed by atoms with Crippen molar-refractivity contribution in [1.29, 1.82) is 0 Å². The third kappa shape index (κ3) is 4.21. The first-order valence-corrected chi connectivity index (χ1v) is 6.86. The maximum Gasteiger partial charge on any atom is 0.410 e. The number of nitrogens with zero attached hydrogens (tertiary/aromatic N) is 1. The summed E-state index contributed by atoms with van der Waals surface area (Å²) in [6.07, 6.45) is 5.52. The van der Waals surface area contributed by atoms with Crippen LogP contribution in [0.2, 0.25) is 0 Å². The molecule has 17 heavy (non-hydrogen) atoms. The highest BCUT2D eigenvalue weighted by molar-refractivity contribution is 5.69. The highest BCUT2D eigenvalue weighted by Gasteiger charge is 2.33. The molecule has 1 rings (SSSR count). The van der Waals surface area contributed by atoms with Crippen LogP contribution in [0, 0.1) is 0 Å². The van der Waals surface area contributed by atoms with Crippen LogP contribution in [-0.2, 0) is 4.74 Å². The molecular weight excluding hydrogens is 214 g/mol. The lowest BCUT2D eigenvalue weighted by Crippen LogP contribution is -2.50. The van der Waals surface area contributed by atoms with Gasteiger partial charge in [0.2, 0.25) is 0 Å². The lowest BCUT2D eigenvalue weighted by molar-refractivity contribution is -0.00403. The number of rotatable bonds is 2. The van der Waals surface area contributed by atoms with Crippen LogP contribution in [0.25, 0.3) is 0 Å². The molecule has 1 aliphatic heterocycles. The van der Waals surface area contributed by atoms with Gasteiger partial charge in [-0.15, -0.1) is 0 Å². The molecule has 0 aliphatic carbocycles. The third-order valence-electron chi connectivity index (χ3n) is 3.25. The smallest absolute Gasteiger partial charge is 0.410 e. The van der Waals surface area contributed by atoms with Crippen molar-refractivity contribution in [2.45, 2.75) is 84.4 Å². The minimum Gasteiger partial charge on any atom is -0.444 e. The van der Waals surface area contributed by atoms with Crippen molar-refractivity contribution in [3.8, 4) is 0 Å². The predicted octanol–water partition coefficient (Wildman–Crippen LogP) is 3.96. The van der Waals surface area contributed by atoms with E-state index >= 15 is 0 Å². The van der Waals surface area contributed by atoms with E-state index in [2.05, 4.69) is 13.8 Å². The number of amides is 1. The van der Waals surface area contributed by atoms with Gasteiger partial charge in [-0.2, -0.15) is 0 Å². The Labute approximate surface area is 106 Å². The van der Waals surface area contributed by atoms with Gasteiger partial charge in [-0.25, -0.2) is 4.79 Å². The van der Waals surface area contributed by atoms with E-state index in [4.69, 9.17) is 4.74 Å². The highest BCUT2D eigenvalue weighted by atomic mass is 16.6. The van der Waals surface area contributed by atoms with Gasteiger partial charge >= 0.3 is 6.09 Å². The Hall–Kier alpha value is -0.730. The normalized spacial score (nSPS) is 25.8. The molecule has 0 bridgehead atoms.